The van der Waals surface area contributed by atoms with E-state index in [2.05, 4.69) is 5.32 Å². The lowest BCUT2D eigenvalue weighted by molar-refractivity contribution is 0.533. The van der Waals surface area contributed by atoms with Crippen molar-refractivity contribution in [2.45, 2.75) is 19.5 Å². The van der Waals surface area contributed by atoms with E-state index in [0.29, 0.717) is 5.56 Å². The molecule has 1 atom stereocenters. The summed E-state index contributed by atoms with van der Waals surface area (Å²) >= 11 is 0. The molecule has 100 valence electrons. The van der Waals surface area contributed by atoms with Crippen LogP contribution in [0.25, 0.3) is 0 Å². The lowest BCUT2D eigenvalue weighted by Crippen LogP contribution is -2.18. The third-order valence-electron chi connectivity index (χ3n) is 2.98. The molecule has 1 nitrogen and oxygen atoms in total. The fourth-order valence-corrected chi connectivity index (χ4v) is 1.80. The molecule has 0 aliphatic heterocycles. The van der Waals surface area contributed by atoms with E-state index in [9.17, 15) is 13.2 Å². The summed E-state index contributed by atoms with van der Waals surface area (Å²) in [5.41, 5.74) is 1.30. The van der Waals surface area contributed by atoms with E-state index < -0.39 is 11.6 Å². The van der Waals surface area contributed by atoms with Gasteiger partial charge in [-0.3, -0.25) is 0 Å². The smallest absolute Gasteiger partial charge is 0.130 e. The molecule has 19 heavy (non-hydrogen) atoms. The van der Waals surface area contributed by atoms with E-state index >= 15 is 0 Å². The van der Waals surface area contributed by atoms with E-state index in [0.717, 1.165) is 11.6 Å². The second kappa shape index (κ2) is 5.89. The highest BCUT2D eigenvalue weighted by molar-refractivity contribution is 5.21. The monoisotopic (exact) mass is 265 g/mol. The molecule has 0 aliphatic rings. The van der Waals surface area contributed by atoms with Crippen molar-refractivity contribution in [3.8, 4) is 0 Å². The number of nitrogens with one attached hydrogen (secondary N) is 1. The summed E-state index contributed by atoms with van der Waals surface area (Å²) in [6.45, 7) is 2.18. The molecule has 0 aromatic heterocycles. The van der Waals surface area contributed by atoms with Gasteiger partial charge in [0.25, 0.3) is 0 Å². The van der Waals surface area contributed by atoms with Gasteiger partial charge in [-0.2, -0.15) is 0 Å². The molecule has 2 aromatic carbocycles. The first-order valence-corrected chi connectivity index (χ1v) is 5.99. The van der Waals surface area contributed by atoms with E-state index in [4.69, 9.17) is 0 Å². The van der Waals surface area contributed by atoms with Gasteiger partial charge in [0.2, 0.25) is 0 Å². The Hall–Kier alpha value is -1.81. The first kappa shape index (κ1) is 13.6. The Morgan fingerprint density at radius 1 is 0.947 bits per heavy atom. The van der Waals surface area contributed by atoms with Gasteiger partial charge in [0.05, 0.1) is 0 Å². The Bertz CT molecular complexity index is 552. The Morgan fingerprint density at radius 3 is 2.21 bits per heavy atom. The molecule has 2 aromatic rings. The third-order valence-corrected chi connectivity index (χ3v) is 2.98. The van der Waals surface area contributed by atoms with Gasteiger partial charge < -0.3 is 5.32 Å². The van der Waals surface area contributed by atoms with Crippen LogP contribution in [0.1, 0.15) is 24.1 Å². The third kappa shape index (κ3) is 3.58. The van der Waals surface area contributed by atoms with Crippen LogP contribution in [-0.2, 0) is 6.54 Å². The molecule has 0 fully saturated rings. The fourth-order valence-electron chi connectivity index (χ4n) is 1.80. The first-order valence-electron chi connectivity index (χ1n) is 5.99. The minimum atomic E-state index is -0.590. The summed E-state index contributed by atoms with van der Waals surface area (Å²) in [6.07, 6.45) is 0. The molecule has 0 aliphatic carbocycles. The maximum Gasteiger partial charge on any atom is 0.130 e. The number of hydrogen-bond donors (Lipinski definition) is 1. The van der Waals surface area contributed by atoms with Gasteiger partial charge in [-0.1, -0.05) is 18.2 Å². The number of halogens is 3. The van der Waals surface area contributed by atoms with Crippen molar-refractivity contribution in [3.63, 3.8) is 0 Å². The molecule has 0 spiro atoms. The minimum Gasteiger partial charge on any atom is -0.306 e. The van der Waals surface area contributed by atoms with Crippen LogP contribution in [0.3, 0.4) is 0 Å². The van der Waals surface area contributed by atoms with Crippen LogP contribution in [0.5, 0.6) is 0 Å². The topological polar surface area (TPSA) is 12.0 Å². The van der Waals surface area contributed by atoms with E-state index in [-0.39, 0.29) is 18.4 Å². The molecule has 0 amide bonds. The predicted molar refractivity (Wildman–Crippen MR) is 68.0 cm³/mol. The molecule has 1 unspecified atom stereocenters. The summed E-state index contributed by atoms with van der Waals surface area (Å²) in [5, 5.41) is 3.11. The van der Waals surface area contributed by atoms with E-state index in [1.165, 1.54) is 24.3 Å². The Kier molecular flexibility index (Phi) is 4.22. The average Bonchev–Trinajstić information content (AvgIpc) is 2.38. The van der Waals surface area contributed by atoms with Crippen molar-refractivity contribution in [1.29, 1.82) is 0 Å². The second-order valence-electron chi connectivity index (χ2n) is 4.39. The molecule has 0 radical (unpaired) electrons. The van der Waals surface area contributed by atoms with Gasteiger partial charge in [-0.05, 0) is 30.7 Å². The summed E-state index contributed by atoms with van der Waals surface area (Å²) in [4.78, 5) is 0. The van der Waals surface area contributed by atoms with Crippen molar-refractivity contribution < 1.29 is 13.2 Å². The summed E-state index contributed by atoms with van der Waals surface area (Å²) in [5.74, 6) is -1.45. The number of rotatable bonds is 4. The van der Waals surface area contributed by atoms with Crippen LogP contribution >= 0.6 is 0 Å². The SMILES string of the molecule is CC(NCc1ccc(F)cc1F)c1ccc(F)cc1. The van der Waals surface area contributed by atoms with E-state index in [1.807, 2.05) is 6.92 Å². The highest BCUT2D eigenvalue weighted by atomic mass is 19.1. The summed E-state index contributed by atoms with van der Waals surface area (Å²) in [6, 6.07) is 9.56. The Morgan fingerprint density at radius 2 is 1.58 bits per heavy atom. The molecule has 2 rings (SSSR count). The second-order valence-corrected chi connectivity index (χ2v) is 4.39. The Labute approximate surface area is 110 Å². The van der Waals surface area contributed by atoms with Crippen LogP contribution in [0.15, 0.2) is 42.5 Å². The highest BCUT2D eigenvalue weighted by Crippen LogP contribution is 2.15. The molecule has 0 saturated carbocycles. The van der Waals surface area contributed by atoms with Crippen molar-refractivity contribution in [2.24, 2.45) is 0 Å². The zero-order chi connectivity index (χ0) is 13.8. The maximum atomic E-state index is 13.4. The standard InChI is InChI=1S/C15H14F3N/c1-10(11-2-5-13(16)6-3-11)19-9-12-4-7-14(17)8-15(12)18/h2-8,10,19H,9H2,1H3. The minimum absolute atomic E-state index is 0.0509. The quantitative estimate of drug-likeness (QED) is 0.882. The van der Waals surface area contributed by atoms with Gasteiger partial charge in [-0.15, -0.1) is 0 Å². The number of hydrogen-bond acceptors (Lipinski definition) is 1. The molecule has 1 N–H and O–H groups in total. The number of benzene rings is 2. The van der Waals surface area contributed by atoms with Crippen molar-refractivity contribution >= 4 is 0 Å². The van der Waals surface area contributed by atoms with Crippen molar-refractivity contribution in [2.75, 3.05) is 0 Å². The van der Waals surface area contributed by atoms with Gasteiger partial charge in [0, 0.05) is 24.2 Å². The zero-order valence-electron chi connectivity index (χ0n) is 10.5. The van der Waals surface area contributed by atoms with Crippen LogP contribution < -0.4 is 5.32 Å². The van der Waals surface area contributed by atoms with Crippen molar-refractivity contribution in [1.82, 2.24) is 5.32 Å². The van der Waals surface area contributed by atoms with Gasteiger partial charge in [-0.25, -0.2) is 13.2 Å². The van der Waals surface area contributed by atoms with Crippen LogP contribution in [-0.4, -0.2) is 0 Å². The fraction of sp³-hybridized carbons (Fsp3) is 0.200. The summed E-state index contributed by atoms with van der Waals surface area (Å²) < 4.78 is 39.0. The molecule has 4 heteroatoms. The van der Waals surface area contributed by atoms with E-state index in [1.54, 1.807) is 12.1 Å². The van der Waals surface area contributed by atoms with Gasteiger partial charge in [0.1, 0.15) is 17.5 Å². The van der Waals surface area contributed by atoms with Gasteiger partial charge >= 0.3 is 0 Å². The van der Waals surface area contributed by atoms with Crippen LogP contribution in [0.4, 0.5) is 13.2 Å². The lowest BCUT2D eigenvalue weighted by Gasteiger charge is -2.14. The molecular formula is C15H14F3N. The van der Waals surface area contributed by atoms with Crippen LogP contribution in [0, 0.1) is 17.5 Å². The molecular weight excluding hydrogens is 251 g/mol. The molecule has 0 bridgehead atoms. The Balaban J connectivity index is 2.00. The highest BCUT2D eigenvalue weighted by Gasteiger charge is 2.08. The molecule has 0 heterocycles. The summed E-state index contributed by atoms with van der Waals surface area (Å²) in [7, 11) is 0. The van der Waals surface area contributed by atoms with Crippen molar-refractivity contribution in [3.05, 3.63) is 71.0 Å². The molecule has 0 saturated heterocycles. The first-order chi connectivity index (χ1) is 9.06. The van der Waals surface area contributed by atoms with Crippen LogP contribution in [0.2, 0.25) is 0 Å². The predicted octanol–water partition coefficient (Wildman–Crippen LogP) is 3.95. The maximum absolute atomic E-state index is 13.4. The lowest BCUT2D eigenvalue weighted by atomic mass is 10.1. The average molecular weight is 265 g/mol. The zero-order valence-corrected chi connectivity index (χ0v) is 10.5. The van der Waals surface area contributed by atoms with Gasteiger partial charge in [0.15, 0.2) is 0 Å². The normalized spacial score (nSPS) is 12.4. The largest absolute Gasteiger partial charge is 0.306 e.